The molecule has 0 N–H and O–H groups in total. The Labute approximate surface area is 131 Å². The summed E-state index contributed by atoms with van der Waals surface area (Å²) in [5.74, 6) is -0.731. The quantitative estimate of drug-likeness (QED) is 0.370. The molecule has 100 valence electrons. The first-order valence-corrected chi connectivity index (χ1v) is 8.22. The lowest BCUT2D eigenvalue weighted by Gasteiger charge is -2.45. The van der Waals surface area contributed by atoms with Crippen LogP contribution in [-0.2, 0) is 14.3 Å². The van der Waals surface area contributed by atoms with Crippen molar-refractivity contribution in [3.63, 3.8) is 0 Å². The molecule has 2 aliphatic carbocycles. The van der Waals surface area contributed by atoms with E-state index in [-0.39, 0.29) is 18.3 Å². The van der Waals surface area contributed by atoms with Crippen molar-refractivity contribution in [1.82, 2.24) is 0 Å². The topological polar surface area (TPSA) is 43.4 Å². The fraction of sp³-hybridized carbons (Fsp3) is 0.667. The number of carbonyl (C=O) groups excluding carboxylic acids is 2. The third-order valence-electron chi connectivity index (χ3n) is 3.60. The summed E-state index contributed by atoms with van der Waals surface area (Å²) in [6, 6.07) is 0. The molecule has 0 spiro atoms. The average molecular weight is 445 g/mol. The molecule has 3 nitrogen and oxygen atoms in total. The summed E-state index contributed by atoms with van der Waals surface area (Å²) in [5.41, 5.74) is -1.12. The minimum atomic E-state index is -1.12. The number of esters is 1. The zero-order valence-electron chi connectivity index (χ0n) is 9.84. The van der Waals surface area contributed by atoms with E-state index < -0.39 is 14.6 Å². The van der Waals surface area contributed by atoms with Crippen molar-refractivity contribution < 1.29 is 14.3 Å². The summed E-state index contributed by atoms with van der Waals surface area (Å²) < 4.78 is 5.14. The Hall–Kier alpha value is 0.320. The molecule has 6 heteroatoms. The lowest BCUT2D eigenvalue weighted by molar-refractivity contribution is -0.161. The van der Waals surface area contributed by atoms with Crippen molar-refractivity contribution in [1.29, 1.82) is 0 Å². The van der Waals surface area contributed by atoms with Crippen LogP contribution in [0.2, 0.25) is 0 Å². The van der Waals surface area contributed by atoms with E-state index in [2.05, 4.69) is 47.8 Å². The maximum atomic E-state index is 12.6. The zero-order chi connectivity index (χ0) is 13.6. The molecule has 0 aliphatic heterocycles. The van der Waals surface area contributed by atoms with Gasteiger partial charge in [0.05, 0.1) is 6.61 Å². The van der Waals surface area contributed by atoms with E-state index in [1.165, 1.54) is 0 Å². The molecule has 0 amide bonds. The minimum absolute atomic E-state index is 0.0599. The van der Waals surface area contributed by atoms with Gasteiger partial charge in [0.25, 0.3) is 0 Å². The second kappa shape index (κ2) is 5.02. The van der Waals surface area contributed by atoms with Crippen LogP contribution in [0.5, 0.6) is 0 Å². The van der Waals surface area contributed by atoms with Crippen LogP contribution in [0.25, 0.3) is 0 Å². The first kappa shape index (κ1) is 14.7. The Morgan fingerprint density at radius 1 is 1.56 bits per heavy atom. The Morgan fingerprint density at radius 3 is 2.83 bits per heavy atom. The first-order valence-electron chi connectivity index (χ1n) is 5.84. The lowest BCUT2D eigenvalue weighted by atomic mass is 9.64. The smallest absolute Gasteiger partial charge is 0.324 e. The van der Waals surface area contributed by atoms with Gasteiger partial charge in [-0.05, 0) is 25.8 Å². The summed E-state index contributed by atoms with van der Waals surface area (Å²) in [6.07, 6.45) is 3.98. The molecule has 2 aliphatic rings. The predicted molar refractivity (Wildman–Crippen MR) is 79.0 cm³/mol. The molecule has 0 saturated heterocycles. The van der Waals surface area contributed by atoms with Gasteiger partial charge in [-0.1, -0.05) is 54.2 Å². The molecule has 0 aromatic rings. The Kier molecular flexibility index (Phi) is 4.10. The van der Waals surface area contributed by atoms with Gasteiger partial charge in [0.1, 0.15) is 3.23 Å². The van der Waals surface area contributed by atoms with Crippen LogP contribution in [0.4, 0.5) is 0 Å². The van der Waals surface area contributed by atoms with Gasteiger partial charge in [0.2, 0.25) is 0 Å². The number of ketones is 1. The van der Waals surface area contributed by atoms with Crippen LogP contribution in [-0.4, -0.2) is 21.6 Å². The number of ether oxygens (including phenoxy) is 1. The standard InChI is InChI=1S/C12H13Br3O3/c1-2-18-10(17)11-5-3-4-7(9(11)16)12(14,15)6-8(11)13/h6-7H,2-5H2,1H3/t7-,11+/m0/s1. The highest BCUT2D eigenvalue weighted by atomic mass is 79.9. The molecule has 18 heavy (non-hydrogen) atoms. The maximum absolute atomic E-state index is 12.6. The number of halogens is 3. The molecular weight excluding hydrogens is 432 g/mol. The van der Waals surface area contributed by atoms with E-state index in [1.54, 1.807) is 6.92 Å². The van der Waals surface area contributed by atoms with E-state index in [9.17, 15) is 9.59 Å². The van der Waals surface area contributed by atoms with E-state index in [0.717, 1.165) is 12.8 Å². The normalized spacial score (nSPS) is 33.9. The fourth-order valence-electron chi connectivity index (χ4n) is 2.67. The maximum Gasteiger partial charge on any atom is 0.324 e. The van der Waals surface area contributed by atoms with Gasteiger partial charge < -0.3 is 4.74 Å². The highest BCUT2D eigenvalue weighted by Crippen LogP contribution is 2.57. The van der Waals surface area contributed by atoms with E-state index >= 15 is 0 Å². The van der Waals surface area contributed by atoms with Gasteiger partial charge in [0, 0.05) is 10.4 Å². The molecule has 1 fully saturated rings. The first-order chi connectivity index (χ1) is 8.36. The number of rotatable bonds is 2. The number of Topliss-reactive ketones (excluding diaryl/α,β-unsaturated/α-hetero) is 1. The summed E-state index contributed by atoms with van der Waals surface area (Å²) in [6.45, 7) is 2.03. The molecule has 2 atom stereocenters. The van der Waals surface area contributed by atoms with E-state index in [4.69, 9.17) is 4.74 Å². The van der Waals surface area contributed by atoms with Crippen molar-refractivity contribution in [3.05, 3.63) is 10.6 Å². The predicted octanol–water partition coefficient (Wildman–Crippen LogP) is 3.68. The van der Waals surface area contributed by atoms with Crippen molar-refractivity contribution in [2.75, 3.05) is 6.61 Å². The fourth-order valence-corrected chi connectivity index (χ4v) is 5.54. The molecular formula is C12H13Br3O3. The number of fused-ring (bicyclic) bond motifs is 2. The summed E-state index contributed by atoms with van der Waals surface area (Å²) in [7, 11) is 0. The van der Waals surface area contributed by atoms with Crippen LogP contribution >= 0.6 is 47.8 Å². The number of allylic oxidation sites excluding steroid dienone is 1. The Morgan fingerprint density at radius 2 is 2.22 bits per heavy atom. The van der Waals surface area contributed by atoms with Gasteiger partial charge in [-0.3, -0.25) is 9.59 Å². The van der Waals surface area contributed by atoms with Gasteiger partial charge in [-0.15, -0.1) is 0 Å². The van der Waals surface area contributed by atoms with Crippen LogP contribution < -0.4 is 0 Å². The average Bonchev–Trinajstić information content (AvgIpc) is 2.26. The second-order valence-electron chi connectivity index (χ2n) is 4.60. The molecule has 0 aromatic carbocycles. The largest absolute Gasteiger partial charge is 0.465 e. The van der Waals surface area contributed by atoms with Gasteiger partial charge in [-0.2, -0.15) is 0 Å². The second-order valence-corrected chi connectivity index (χ2v) is 9.14. The van der Waals surface area contributed by atoms with Crippen LogP contribution in [0.3, 0.4) is 0 Å². The van der Waals surface area contributed by atoms with Crippen molar-refractivity contribution in [3.8, 4) is 0 Å². The third kappa shape index (κ3) is 2.04. The summed E-state index contributed by atoms with van der Waals surface area (Å²) in [4.78, 5) is 24.9. The SMILES string of the molecule is CCOC(=O)[C@@]12CCC[C@@H](C1=O)C(Br)(Br)C=C2Br. The molecule has 1 saturated carbocycles. The third-order valence-corrected chi connectivity index (χ3v) is 6.07. The van der Waals surface area contributed by atoms with Crippen molar-refractivity contribution in [2.24, 2.45) is 11.3 Å². The van der Waals surface area contributed by atoms with Crippen LogP contribution in [0, 0.1) is 11.3 Å². The highest BCUT2D eigenvalue weighted by molar-refractivity contribution is 9.25. The monoisotopic (exact) mass is 442 g/mol. The molecule has 0 radical (unpaired) electrons. The van der Waals surface area contributed by atoms with E-state index in [0.29, 0.717) is 10.9 Å². The Bertz CT molecular complexity index is 430. The van der Waals surface area contributed by atoms with E-state index in [1.807, 2.05) is 6.08 Å². The van der Waals surface area contributed by atoms with Gasteiger partial charge in [0.15, 0.2) is 11.2 Å². The number of carbonyl (C=O) groups is 2. The zero-order valence-corrected chi connectivity index (χ0v) is 14.6. The molecule has 2 rings (SSSR count). The van der Waals surface area contributed by atoms with Gasteiger partial charge in [-0.25, -0.2) is 0 Å². The van der Waals surface area contributed by atoms with Gasteiger partial charge >= 0.3 is 5.97 Å². The number of hydrogen-bond donors (Lipinski definition) is 0. The molecule has 0 aromatic heterocycles. The lowest BCUT2D eigenvalue weighted by Crippen LogP contribution is -2.54. The number of alkyl halides is 2. The summed E-state index contributed by atoms with van der Waals surface area (Å²) in [5, 5.41) is 0. The number of hydrogen-bond acceptors (Lipinski definition) is 3. The van der Waals surface area contributed by atoms with Crippen molar-refractivity contribution >= 4 is 59.5 Å². The van der Waals surface area contributed by atoms with Crippen LogP contribution in [0.1, 0.15) is 26.2 Å². The molecule has 0 heterocycles. The van der Waals surface area contributed by atoms with Crippen LogP contribution in [0.15, 0.2) is 10.6 Å². The summed E-state index contributed by atoms with van der Waals surface area (Å²) >= 11 is 10.4. The molecule has 2 bridgehead atoms. The minimum Gasteiger partial charge on any atom is -0.465 e. The Balaban J connectivity index is 2.52. The van der Waals surface area contributed by atoms with Crippen molar-refractivity contribution in [2.45, 2.75) is 29.4 Å². The molecule has 0 unspecified atom stereocenters. The highest BCUT2D eigenvalue weighted by Gasteiger charge is 2.60.